The Bertz CT molecular complexity index is 471. The number of imidazole rings is 1. The summed E-state index contributed by atoms with van der Waals surface area (Å²) in [6.07, 6.45) is 3.35. The average molecular weight is 203 g/mol. The molecule has 3 N–H and O–H groups in total. The molecule has 15 heavy (non-hydrogen) atoms. The molecule has 0 fully saturated rings. The van der Waals surface area contributed by atoms with Crippen LogP contribution in [0.5, 0.6) is 0 Å². The molecular formula is C12H17N3. The lowest BCUT2D eigenvalue weighted by Gasteiger charge is -2.06. The minimum atomic E-state index is 0.501. The molecule has 0 aliphatic rings. The summed E-state index contributed by atoms with van der Waals surface area (Å²) < 4.78 is 0. The molecule has 0 bridgehead atoms. The number of rotatable bonds is 3. The van der Waals surface area contributed by atoms with Crippen LogP contribution in [0.2, 0.25) is 0 Å². The molecule has 0 aliphatic heterocycles. The van der Waals surface area contributed by atoms with E-state index in [9.17, 15) is 0 Å². The third kappa shape index (κ3) is 1.82. The summed E-state index contributed by atoms with van der Waals surface area (Å²) in [5, 5.41) is 0. The van der Waals surface area contributed by atoms with E-state index in [-0.39, 0.29) is 0 Å². The van der Waals surface area contributed by atoms with Crippen molar-refractivity contribution in [2.45, 2.75) is 33.1 Å². The molecule has 80 valence electrons. The number of aromatic nitrogens is 2. The number of H-pyrrole nitrogens is 1. The first kappa shape index (κ1) is 10.0. The summed E-state index contributed by atoms with van der Waals surface area (Å²) in [4.78, 5) is 7.32. The number of nitrogen functional groups attached to an aromatic ring is 1. The zero-order chi connectivity index (χ0) is 10.8. The first-order chi connectivity index (χ1) is 7.24. The van der Waals surface area contributed by atoms with Crippen LogP contribution in [-0.4, -0.2) is 9.97 Å². The number of aryl methyl sites for hydroxylation is 2. The Morgan fingerprint density at radius 1 is 1.27 bits per heavy atom. The summed E-state index contributed by atoms with van der Waals surface area (Å²) in [6.45, 7) is 4.38. The lowest BCUT2D eigenvalue weighted by atomic mass is 10.0. The second-order valence-electron chi connectivity index (χ2n) is 3.86. The van der Waals surface area contributed by atoms with Crippen molar-refractivity contribution in [2.24, 2.45) is 0 Å². The molecule has 2 rings (SSSR count). The Kier molecular flexibility index (Phi) is 2.62. The van der Waals surface area contributed by atoms with Gasteiger partial charge in [0, 0.05) is 0 Å². The maximum Gasteiger partial charge on any atom is 0.198 e. The molecule has 1 heterocycles. The SMILES string of the molecule is CCCc1cc2[nH]c(N)nc2cc1CC. The second kappa shape index (κ2) is 3.93. The number of nitrogens with two attached hydrogens (primary N) is 1. The molecule has 2 aromatic rings. The van der Waals surface area contributed by atoms with Crippen LogP contribution in [0.1, 0.15) is 31.4 Å². The van der Waals surface area contributed by atoms with Crippen LogP contribution in [0.15, 0.2) is 12.1 Å². The fourth-order valence-electron chi connectivity index (χ4n) is 2.00. The normalized spacial score (nSPS) is 11.1. The minimum Gasteiger partial charge on any atom is -0.369 e. The topological polar surface area (TPSA) is 54.7 Å². The number of benzene rings is 1. The van der Waals surface area contributed by atoms with Gasteiger partial charge in [-0.05, 0) is 36.1 Å². The Balaban J connectivity index is 2.57. The summed E-state index contributed by atoms with van der Waals surface area (Å²) in [7, 11) is 0. The van der Waals surface area contributed by atoms with Gasteiger partial charge in [-0.1, -0.05) is 20.3 Å². The molecular weight excluding hydrogens is 186 g/mol. The van der Waals surface area contributed by atoms with Crippen molar-refractivity contribution < 1.29 is 0 Å². The van der Waals surface area contributed by atoms with Gasteiger partial charge in [0.1, 0.15) is 0 Å². The van der Waals surface area contributed by atoms with E-state index in [1.165, 1.54) is 17.5 Å². The van der Waals surface area contributed by atoms with E-state index in [1.807, 2.05) is 0 Å². The van der Waals surface area contributed by atoms with Crippen LogP contribution < -0.4 is 5.73 Å². The first-order valence-corrected chi connectivity index (χ1v) is 5.51. The van der Waals surface area contributed by atoms with Crippen LogP contribution in [-0.2, 0) is 12.8 Å². The summed E-state index contributed by atoms with van der Waals surface area (Å²) in [5.41, 5.74) is 10.5. The number of nitrogens with one attached hydrogen (secondary N) is 1. The Hall–Kier alpha value is -1.51. The Labute approximate surface area is 89.7 Å². The van der Waals surface area contributed by atoms with Gasteiger partial charge in [-0.3, -0.25) is 0 Å². The van der Waals surface area contributed by atoms with Crippen molar-refractivity contribution in [1.29, 1.82) is 0 Å². The number of nitrogens with zero attached hydrogens (tertiary/aromatic N) is 1. The largest absolute Gasteiger partial charge is 0.369 e. The van der Waals surface area contributed by atoms with Crippen LogP contribution in [0.25, 0.3) is 11.0 Å². The average Bonchev–Trinajstić information content (AvgIpc) is 2.56. The lowest BCUT2D eigenvalue weighted by molar-refractivity contribution is 0.901. The molecule has 0 saturated heterocycles. The molecule has 1 aromatic carbocycles. The molecule has 0 aliphatic carbocycles. The van der Waals surface area contributed by atoms with Crippen molar-refractivity contribution in [3.05, 3.63) is 23.3 Å². The van der Waals surface area contributed by atoms with Crippen LogP contribution in [0.3, 0.4) is 0 Å². The van der Waals surface area contributed by atoms with E-state index in [4.69, 9.17) is 5.73 Å². The molecule has 3 heteroatoms. The molecule has 0 spiro atoms. The van der Waals surface area contributed by atoms with Gasteiger partial charge in [0.2, 0.25) is 0 Å². The van der Waals surface area contributed by atoms with Gasteiger partial charge in [0.15, 0.2) is 5.95 Å². The molecule has 0 unspecified atom stereocenters. The lowest BCUT2D eigenvalue weighted by Crippen LogP contribution is -1.92. The maximum atomic E-state index is 5.64. The molecule has 1 aromatic heterocycles. The number of anilines is 1. The third-order valence-corrected chi connectivity index (χ3v) is 2.72. The molecule has 3 nitrogen and oxygen atoms in total. The van der Waals surface area contributed by atoms with E-state index >= 15 is 0 Å². The second-order valence-corrected chi connectivity index (χ2v) is 3.86. The van der Waals surface area contributed by atoms with Gasteiger partial charge in [-0.25, -0.2) is 4.98 Å². The van der Waals surface area contributed by atoms with Gasteiger partial charge in [0.25, 0.3) is 0 Å². The Morgan fingerprint density at radius 2 is 2.07 bits per heavy atom. The number of hydrogen-bond donors (Lipinski definition) is 2. The van der Waals surface area contributed by atoms with E-state index in [0.29, 0.717) is 5.95 Å². The van der Waals surface area contributed by atoms with E-state index < -0.39 is 0 Å². The number of aromatic amines is 1. The zero-order valence-corrected chi connectivity index (χ0v) is 9.30. The third-order valence-electron chi connectivity index (χ3n) is 2.72. The minimum absolute atomic E-state index is 0.501. The predicted octanol–water partition coefficient (Wildman–Crippen LogP) is 2.66. The van der Waals surface area contributed by atoms with Gasteiger partial charge in [-0.2, -0.15) is 0 Å². The monoisotopic (exact) mass is 203 g/mol. The van der Waals surface area contributed by atoms with Crippen LogP contribution >= 0.6 is 0 Å². The van der Waals surface area contributed by atoms with E-state index in [1.54, 1.807) is 0 Å². The van der Waals surface area contributed by atoms with Crippen molar-refractivity contribution >= 4 is 17.0 Å². The molecule has 0 radical (unpaired) electrons. The van der Waals surface area contributed by atoms with Crippen molar-refractivity contribution in [1.82, 2.24) is 9.97 Å². The van der Waals surface area contributed by atoms with E-state index in [2.05, 4.69) is 35.9 Å². The van der Waals surface area contributed by atoms with Gasteiger partial charge in [-0.15, -0.1) is 0 Å². The van der Waals surface area contributed by atoms with E-state index in [0.717, 1.165) is 23.9 Å². The Morgan fingerprint density at radius 3 is 2.73 bits per heavy atom. The summed E-state index contributed by atoms with van der Waals surface area (Å²) in [6, 6.07) is 4.33. The summed E-state index contributed by atoms with van der Waals surface area (Å²) in [5.74, 6) is 0.501. The van der Waals surface area contributed by atoms with Gasteiger partial charge >= 0.3 is 0 Å². The quantitative estimate of drug-likeness (QED) is 0.805. The smallest absolute Gasteiger partial charge is 0.198 e. The fraction of sp³-hybridized carbons (Fsp3) is 0.417. The van der Waals surface area contributed by atoms with Gasteiger partial charge in [0.05, 0.1) is 11.0 Å². The highest BCUT2D eigenvalue weighted by Crippen LogP contribution is 2.20. The highest BCUT2D eigenvalue weighted by atomic mass is 15.0. The highest BCUT2D eigenvalue weighted by molar-refractivity contribution is 5.79. The number of hydrogen-bond acceptors (Lipinski definition) is 2. The summed E-state index contributed by atoms with van der Waals surface area (Å²) >= 11 is 0. The zero-order valence-electron chi connectivity index (χ0n) is 9.30. The molecule has 0 atom stereocenters. The van der Waals surface area contributed by atoms with Crippen LogP contribution in [0, 0.1) is 0 Å². The van der Waals surface area contributed by atoms with Gasteiger partial charge < -0.3 is 10.7 Å². The highest BCUT2D eigenvalue weighted by Gasteiger charge is 2.06. The number of fused-ring (bicyclic) bond motifs is 1. The molecule has 0 amide bonds. The van der Waals surface area contributed by atoms with Crippen molar-refractivity contribution in [2.75, 3.05) is 5.73 Å². The maximum absolute atomic E-state index is 5.64. The molecule has 0 saturated carbocycles. The van der Waals surface area contributed by atoms with Crippen molar-refractivity contribution in [3.63, 3.8) is 0 Å². The fourth-order valence-corrected chi connectivity index (χ4v) is 2.00. The van der Waals surface area contributed by atoms with Crippen molar-refractivity contribution in [3.8, 4) is 0 Å². The first-order valence-electron chi connectivity index (χ1n) is 5.51. The predicted molar refractivity (Wildman–Crippen MR) is 63.9 cm³/mol. The standard InChI is InChI=1S/C12H17N3/c1-3-5-9-7-11-10(6-8(9)4-2)14-12(13)15-11/h6-7H,3-5H2,1-2H3,(H3,13,14,15). The van der Waals surface area contributed by atoms with Crippen LogP contribution in [0.4, 0.5) is 5.95 Å².